The number of benzene rings is 2. The van der Waals surface area contributed by atoms with Crippen LogP contribution in [0.15, 0.2) is 48.5 Å². The first-order valence-electron chi connectivity index (χ1n) is 16.0. The van der Waals surface area contributed by atoms with Gasteiger partial charge in [-0.15, -0.1) is 0 Å². The van der Waals surface area contributed by atoms with Gasteiger partial charge in [0.15, 0.2) is 0 Å². The predicted molar refractivity (Wildman–Crippen MR) is 174 cm³/mol. The highest BCUT2D eigenvalue weighted by molar-refractivity contribution is 5.64. The lowest BCUT2D eigenvalue weighted by molar-refractivity contribution is -0.130. The Morgan fingerprint density at radius 3 is 1.37 bits per heavy atom. The maximum absolute atomic E-state index is 10.5. The topological polar surface area (TPSA) is 244 Å². The minimum Gasteiger partial charge on any atom is -0.394 e. The van der Waals surface area contributed by atoms with Crippen molar-refractivity contribution < 1.29 is 51.1 Å². The molecule has 0 fully saturated rings. The second-order valence-corrected chi connectivity index (χ2v) is 11.8. The molecule has 13 N–H and O–H groups in total. The summed E-state index contributed by atoms with van der Waals surface area (Å²) in [5.41, 5.74) is 10.4. The van der Waals surface area contributed by atoms with E-state index in [2.05, 4.69) is 53.8 Å². The van der Waals surface area contributed by atoms with Gasteiger partial charge in [-0.05, 0) is 67.4 Å². The molecule has 0 saturated heterocycles. The molecule has 262 valence electrons. The molecule has 13 nitrogen and oxygen atoms in total. The van der Waals surface area contributed by atoms with Crippen molar-refractivity contribution in [3.8, 4) is 11.1 Å². The summed E-state index contributed by atoms with van der Waals surface area (Å²) in [5.74, 6) is 0. The highest BCUT2D eigenvalue weighted by Crippen LogP contribution is 2.21. The van der Waals surface area contributed by atoms with Gasteiger partial charge in [0.2, 0.25) is 0 Å². The molecule has 0 aliphatic rings. The summed E-state index contributed by atoms with van der Waals surface area (Å²) in [5, 5.41) is 102. The molecule has 2 rings (SSSR count). The van der Waals surface area contributed by atoms with Crippen molar-refractivity contribution in [2.45, 2.75) is 80.9 Å². The van der Waals surface area contributed by atoms with Crippen molar-refractivity contribution in [2.24, 2.45) is 5.73 Å². The molecule has 0 aromatic heterocycles. The van der Waals surface area contributed by atoms with Crippen LogP contribution in [0.5, 0.6) is 0 Å². The van der Waals surface area contributed by atoms with Gasteiger partial charge in [-0.1, -0.05) is 48.5 Å². The summed E-state index contributed by atoms with van der Waals surface area (Å²) in [6.45, 7) is -0.298. The quantitative estimate of drug-likeness (QED) is 0.0518. The van der Waals surface area contributed by atoms with Gasteiger partial charge in [0.25, 0.3) is 0 Å². The summed E-state index contributed by atoms with van der Waals surface area (Å²) in [4.78, 5) is 1.47. The largest absolute Gasteiger partial charge is 0.394 e. The number of nitrogens with two attached hydrogens (primary N) is 1. The molecule has 0 heterocycles. The average Bonchev–Trinajstić information content (AvgIpc) is 3.08. The van der Waals surface area contributed by atoms with E-state index in [0.29, 0.717) is 19.6 Å². The highest BCUT2D eigenvalue weighted by Gasteiger charge is 2.34. The number of aliphatic hydroxyl groups excluding tert-OH is 10. The van der Waals surface area contributed by atoms with E-state index in [1.807, 2.05) is 0 Å². The van der Waals surface area contributed by atoms with Crippen LogP contribution in [0, 0.1) is 0 Å². The second kappa shape index (κ2) is 21.7. The fourth-order valence-electron chi connectivity index (χ4n) is 5.11. The Morgan fingerprint density at radius 2 is 0.957 bits per heavy atom. The second-order valence-electron chi connectivity index (χ2n) is 11.8. The Bertz CT molecular complexity index is 1030. The van der Waals surface area contributed by atoms with Crippen molar-refractivity contribution in [1.82, 2.24) is 10.2 Å². The molecule has 0 amide bonds. The van der Waals surface area contributed by atoms with Gasteiger partial charge in [0.1, 0.15) is 36.6 Å². The Hall–Kier alpha value is -2.08. The van der Waals surface area contributed by atoms with Gasteiger partial charge in [-0.2, -0.15) is 0 Å². The number of hydrogen-bond donors (Lipinski definition) is 12. The zero-order chi connectivity index (χ0) is 34.1. The molecule has 0 unspecified atom stereocenters. The van der Waals surface area contributed by atoms with Crippen molar-refractivity contribution >= 4 is 0 Å². The molecule has 46 heavy (non-hydrogen) atoms. The number of nitrogens with one attached hydrogen (secondary N) is 1. The van der Waals surface area contributed by atoms with Gasteiger partial charge >= 0.3 is 0 Å². The number of nitrogens with zero attached hydrogens (tertiary/aromatic N) is 1. The van der Waals surface area contributed by atoms with Crippen LogP contribution in [0.4, 0.5) is 0 Å². The monoisotopic (exact) mass is 653 g/mol. The fraction of sp³-hybridized carbons (Fsp3) is 0.636. The van der Waals surface area contributed by atoms with Crippen LogP contribution in [0.2, 0.25) is 0 Å². The number of rotatable bonds is 24. The normalized spacial score (nSPS) is 17.3. The van der Waals surface area contributed by atoms with Gasteiger partial charge in [-0.25, -0.2) is 0 Å². The standard InChI is InChI=1S/C33H55N3O10/c34-14-2-1-4-22-6-10-24(11-7-22)25-12-8-23(9-13-25)5-3-15-35-16-17-36(18-26(39)30(43)32(45)28(41)20-37)19-27(40)31(44)33(46)29(42)21-38/h6-13,26-33,35,37-46H,1-5,14-21,34H2/t26-,27-,28+,29+,30+,31+,32+,33+/m0/s1. The third-order valence-electron chi connectivity index (χ3n) is 8.13. The molecule has 2 aromatic rings. The Kier molecular flexibility index (Phi) is 18.9. The lowest BCUT2D eigenvalue weighted by Gasteiger charge is -2.33. The summed E-state index contributed by atoms with van der Waals surface area (Å²) < 4.78 is 0. The van der Waals surface area contributed by atoms with Crippen molar-refractivity contribution in [1.29, 1.82) is 0 Å². The van der Waals surface area contributed by atoms with Gasteiger partial charge in [-0.3, -0.25) is 4.90 Å². The third kappa shape index (κ3) is 13.6. The van der Waals surface area contributed by atoms with E-state index in [1.165, 1.54) is 16.0 Å². The van der Waals surface area contributed by atoms with E-state index in [4.69, 9.17) is 15.9 Å². The first-order valence-corrected chi connectivity index (χ1v) is 16.0. The van der Waals surface area contributed by atoms with Crippen LogP contribution in [0.1, 0.15) is 30.4 Å². The number of unbranched alkanes of at least 4 members (excludes halogenated alkanes) is 1. The predicted octanol–water partition coefficient (Wildman–Crippen LogP) is -2.67. The zero-order valence-electron chi connectivity index (χ0n) is 26.4. The number of aryl methyl sites for hydroxylation is 2. The van der Waals surface area contributed by atoms with Gasteiger partial charge in [0.05, 0.1) is 25.4 Å². The van der Waals surface area contributed by atoms with Crippen molar-refractivity contribution in [3.63, 3.8) is 0 Å². The van der Waals surface area contributed by atoms with E-state index < -0.39 is 62.0 Å². The molecule has 0 bridgehead atoms. The fourth-order valence-corrected chi connectivity index (χ4v) is 5.11. The number of aliphatic hydroxyl groups is 10. The van der Waals surface area contributed by atoms with Gasteiger partial charge in [0, 0.05) is 26.2 Å². The van der Waals surface area contributed by atoms with Crippen LogP contribution in [-0.4, -0.2) is 157 Å². The van der Waals surface area contributed by atoms with Crippen LogP contribution >= 0.6 is 0 Å². The van der Waals surface area contributed by atoms with Crippen molar-refractivity contribution in [2.75, 3.05) is 52.5 Å². The summed E-state index contributed by atoms with van der Waals surface area (Å²) in [7, 11) is 0. The summed E-state index contributed by atoms with van der Waals surface area (Å²) >= 11 is 0. The van der Waals surface area contributed by atoms with Gasteiger partial charge < -0.3 is 62.1 Å². The first kappa shape index (κ1) is 40.1. The molecule has 0 spiro atoms. The van der Waals surface area contributed by atoms with E-state index in [0.717, 1.165) is 43.2 Å². The molecule has 13 heteroatoms. The minimum atomic E-state index is -1.83. The maximum atomic E-state index is 10.5. The molecule has 8 atom stereocenters. The third-order valence-corrected chi connectivity index (χ3v) is 8.13. The van der Waals surface area contributed by atoms with Crippen LogP contribution in [0.25, 0.3) is 11.1 Å². The first-order chi connectivity index (χ1) is 22.0. The Labute approximate surface area is 271 Å². The Morgan fingerprint density at radius 1 is 0.543 bits per heavy atom. The molecule has 0 radical (unpaired) electrons. The van der Waals surface area contributed by atoms with Crippen LogP contribution in [0.3, 0.4) is 0 Å². The maximum Gasteiger partial charge on any atom is 0.111 e. The molecule has 0 saturated carbocycles. The molecular weight excluding hydrogens is 598 g/mol. The SMILES string of the molecule is NCCCCc1ccc(-c2ccc(CCCNCCN(C[C@H](O)[C@@H](O)[C@H](O)[C@H](O)CO)C[C@H](O)[C@@H](O)[C@H](O)[C@H](O)CO)cc2)cc1. The van der Waals surface area contributed by atoms with Crippen LogP contribution in [-0.2, 0) is 12.8 Å². The summed E-state index contributed by atoms with van der Waals surface area (Å²) in [6, 6.07) is 17.0. The van der Waals surface area contributed by atoms with E-state index >= 15 is 0 Å². The minimum absolute atomic E-state index is 0.214. The van der Waals surface area contributed by atoms with E-state index in [1.54, 1.807) is 0 Å². The molecule has 0 aliphatic carbocycles. The lowest BCUT2D eigenvalue weighted by Crippen LogP contribution is -2.54. The number of hydrogen-bond acceptors (Lipinski definition) is 13. The summed E-state index contributed by atoms with van der Waals surface area (Å²) in [6.07, 6.45) is -9.06. The highest BCUT2D eigenvalue weighted by atomic mass is 16.4. The van der Waals surface area contributed by atoms with Crippen LogP contribution < -0.4 is 11.1 Å². The Balaban J connectivity index is 1.86. The molecule has 0 aliphatic heterocycles. The zero-order valence-corrected chi connectivity index (χ0v) is 26.4. The molecular formula is C33H55N3O10. The average molecular weight is 654 g/mol. The van der Waals surface area contributed by atoms with E-state index in [9.17, 15) is 40.9 Å². The lowest BCUT2D eigenvalue weighted by atomic mass is 10.00. The molecule has 2 aromatic carbocycles. The van der Waals surface area contributed by atoms with Crippen molar-refractivity contribution in [3.05, 3.63) is 59.7 Å². The smallest absolute Gasteiger partial charge is 0.111 e. The van der Waals surface area contributed by atoms with E-state index in [-0.39, 0.29) is 19.6 Å².